The van der Waals surface area contributed by atoms with Crippen LogP contribution in [0.2, 0.25) is 0 Å². The Morgan fingerprint density at radius 2 is 1.93 bits per heavy atom. The number of amides is 1. The van der Waals surface area contributed by atoms with E-state index in [0.717, 1.165) is 0 Å². The average molecular weight is 193 g/mol. The van der Waals surface area contributed by atoms with Crippen molar-refractivity contribution in [2.45, 2.75) is 19.4 Å². The van der Waals surface area contributed by atoms with Gasteiger partial charge in [0, 0.05) is 12.1 Å². The second kappa shape index (κ2) is 4.24. The van der Waals surface area contributed by atoms with E-state index in [9.17, 15) is 9.90 Å². The monoisotopic (exact) mass is 193 g/mol. The summed E-state index contributed by atoms with van der Waals surface area (Å²) in [6.07, 6.45) is 0. The van der Waals surface area contributed by atoms with Gasteiger partial charge in [0.05, 0.1) is 5.60 Å². The maximum atomic E-state index is 11.5. The van der Waals surface area contributed by atoms with E-state index in [1.165, 1.54) is 0 Å². The lowest BCUT2D eigenvalue weighted by Gasteiger charge is -2.17. The quantitative estimate of drug-likeness (QED) is 0.757. The van der Waals surface area contributed by atoms with Crippen LogP contribution in [0.15, 0.2) is 30.3 Å². The molecule has 0 aliphatic carbocycles. The predicted octanol–water partition coefficient (Wildman–Crippen LogP) is 1.19. The Balaban J connectivity index is 2.52. The Hall–Kier alpha value is -1.35. The molecule has 0 saturated carbocycles. The number of carbonyl (C=O) groups excluding carboxylic acids is 1. The van der Waals surface area contributed by atoms with Gasteiger partial charge in [-0.1, -0.05) is 18.2 Å². The van der Waals surface area contributed by atoms with Gasteiger partial charge in [-0.3, -0.25) is 4.79 Å². The molecule has 2 N–H and O–H groups in total. The van der Waals surface area contributed by atoms with Crippen molar-refractivity contribution in [3.63, 3.8) is 0 Å². The zero-order chi connectivity index (χ0) is 10.6. The number of hydrogen-bond acceptors (Lipinski definition) is 2. The summed E-state index contributed by atoms with van der Waals surface area (Å²) in [7, 11) is 0. The third-order valence-corrected chi connectivity index (χ3v) is 1.72. The first-order valence-electron chi connectivity index (χ1n) is 4.55. The molecule has 0 aliphatic heterocycles. The minimum Gasteiger partial charge on any atom is -0.389 e. The standard InChI is InChI=1S/C11H15NO2/c1-11(2,14)8-12-10(13)9-6-4-3-5-7-9/h3-7,14H,8H2,1-2H3,(H,12,13). The number of carbonyl (C=O) groups is 1. The molecule has 0 saturated heterocycles. The fourth-order valence-corrected chi connectivity index (χ4v) is 0.988. The predicted molar refractivity (Wildman–Crippen MR) is 55.1 cm³/mol. The minimum absolute atomic E-state index is 0.160. The van der Waals surface area contributed by atoms with Crippen molar-refractivity contribution in [2.24, 2.45) is 0 Å². The first kappa shape index (κ1) is 10.7. The maximum absolute atomic E-state index is 11.5. The van der Waals surface area contributed by atoms with Crippen molar-refractivity contribution in [1.82, 2.24) is 5.32 Å². The molecular formula is C11H15NO2. The summed E-state index contributed by atoms with van der Waals surface area (Å²) in [4.78, 5) is 11.5. The molecule has 1 aromatic carbocycles. The van der Waals surface area contributed by atoms with E-state index in [2.05, 4.69) is 5.32 Å². The minimum atomic E-state index is -0.871. The molecule has 14 heavy (non-hydrogen) atoms. The van der Waals surface area contributed by atoms with Crippen molar-refractivity contribution < 1.29 is 9.90 Å². The van der Waals surface area contributed by atoms with Gasteiger partial charge in [-0.05, 0) is 26.0 Å². The highest BCUT2D eigenvalue weighted by Gasteiger charge is 2.14. The largest absolute Gasteiger partial charge is 0.389 e. The second-order valence-corrected chi connectivity index (χ2v) is 3.86. The number of nitrogens with one attached hydrogen (secondary N) is 1. The van der Waals surface area contributed by atoms with E-state index in [1.807, 2.05) is 6.07 Å². The summed E-state index contributed by atoms with van der Waals surface area (Å²) in [5, 5.41) is 12.0. The summed E-state index contributed by atoms with van der Waals surface area (Å²) in [6.45, 7) is 3.55. The smallest absolute Gasteiger partial charge is 0.251 e. The molecule has 0 spiro atoms. The number of rotatable bonds is 3. The van der Waals surface area contributed by atoms with Crippen LogP contribution in [0, 0.1) is 0 Å². The second-order valence-electron chi connectivity index (χ2n) is 3.86. The van der Waals surface area contributed by atoms with Gasteiger partial charge >= 0.3 is 0 Å². The van der Waals surface area contributed by atoms with Crippen molar-refractivity contribution in [2.75, 3.05) is 6.54 Å². The molecule has 3 nitrogen and oxygen atoms in total. The van der Waals surface area contributed by atoms with Crippen LogP contribution >= 0.6 is 0 Å². The van der Waals surface area contributed by atoms with E-state index in [0.29, 0.717) is 5.56 Å². The lowest BCUT2D eigenvalue weighted by atomic mass is 10.1. The fourth-order valence-electron chi connectivity index (χ4n) is 0.988. The van der Waals surface area contributed by atoms with Gasteiger partial charge in [0.1, 0.15) is 0 Å². The highest BCUT2D eigenvalue weighted by molar-refractivity contribution is 5.94. The van der Waals surface area contributed by atoms with E-state index in [1.54, 1.807) is 38.1 Å². The number of benzene rings is 1. The summed E-state index contributed by atoms with van der Waals surface area (Å²) in [6, 6.07) is 8.93. The van der Waals surface area contributed by atoms with Crippen LogP contribution in [0.4, 0.5) is 0 Å². The van der Waals surface area contributed by atoms with Crippen molar-refractivity contribution in [1.29, 1.82) is 0 Å². The lowest BCUT2D eigenvalue weighted by Crippen LogP contribution is -2.38. The molecule has 3 heteroatoms. The SMILES string of the molecule is CC(C)(O)CNC(=O)c1ccccc1. The van der Waals surface area contributed by atoms with Gasteiger partial charge in [-0.15, -0.1) is 0 Å². The Morgan fingerprint density at radius 3 is 2.43 bits per heavy atom. The van der Waals surface area contributed by atoms with E-state index >= 15 is 0 Å². The van der Waals surface area contributed by atoms with E-state index in [4.69, 9.17) is 0 Å². The number of aliphatic hydroxyl groups is 1. The third-order valence-electron chi connectivity index (χ3n) is 1.72. The molecule has 0 bridgehead atoms. The third kappa shape index (κ3) is 3.58. The molecule has 0 unspecified atom stereocenters. The first-order valence-corrected chi connectivity index (χ1v) is 4.55. The van der Waals surface area contributed by atoms with Gasteiger partial charge in [0.15, 0.2) is 0 Å². The van der Waals surface area contributed by atoms with Crippen LogP contribution in [0.1, 0.15) is 24.2 Å². The summed E-state index contributed by atoms with van der Waals surface area (Å²) >= 11 is 0. The van der Waals surface area contributed by atoms with Gasteiger partial charge in [-0.25, -0.2) is 0 Å². The maximum Gasteiger partial charge on any atom is 0.251 e. The highest BCUT2D eigenvalue weighted by Crippen LogP contribution is 2.01. The van der Waals surface area contributed by atoms with Crippen LogP contribution in [-0.4, -0.2) is 23.2 Å². The Morgan fingerprint density at radius 1 is 1.36 bits per heavy atom. The molecule has 0 radical (unpaired) electrons. The molecule has 76 valence electrons. The zero-order valence-electron chi connectivity index (χ0n) is 8.45. The lowest BCUT2D eigenvalue weighted by molar-refractivity contribution is 0.0694. The van der Waals surface area contributed by atoms with Crippen molar-refractivity contribution in [3.05, 3.63) is 35.9 Å². The molecule has 0 aliphatic rings. The van der Waals surface area contributed by atoms with Gasteiger partial charge < -0.3 is 10.4 Å². The molecule has 1 rings (SSSR count). The average Bonchev–Trinajstić information content (AvgIpc) is 2.14. The Bertz CT molecular complexity index is 301. The van der Waals surface area contributed by atoms with Crippen LogP contribution in [0.25, 0.3) is 0 Å². The first-order chi connectivity index (χ1) is 6.49. The molecule has 0 heterocycles. The van der Waals surface area contributed by atoms with E-state index in [-0.39, 0.29) is 12.5 Å². The van der Waals surface area contributed by atoms with Crippen molar-refractivity contribution in [3.8, 4) is 0 Å². The molecule has 1 amide bonds. The summed E-state index contributed by atoms with van der Waals surface area (Å²) in [5.74, 6) is -0.160. The van der Waals surface area contributed by atoms with Crippen LogP contribution < -0.4 is 5.32 Å². The molecule has 0 aromatic heterocycles. The van der Waals surface area contributed by atoms with Crippen molar-refractivity contribution >= 4 is 5.91 Å². The van der Waals surface area contributed by atoms with Gasteiger partial charge in [-0.2, -0.15) is 0 Å². The van der Waals surface area contributed by atoms with E-state index < -0.39 is 5.60 Å². The summed E-state index contributed by atoms with van der Waals surface area (Å²) in [5.41, 5.74) is -0.262. The van der Waals surface area contributed by atoms with Crippen LogP contribution in [0.3, 0.4) is 0 Å². The molecule has 0 fully saturated rings. The number of hydrogen-bond donors (Lipinski definition) is 2. The Labute approximate surface area is 83.8 Å². The normalized spacial score (nSPS) is 11.1. The molecular weight excluding hydrogens is 178 g/mol. The Kier molecular flexibility index (Phi) is 3.25. The highest BCUT2D eigenvalue weighted by atomic mass is 16.3. The molecule has 0 atom stereocenters. The summed E-state index contributed by atoms with van der Waals surface area (Å²) < 4.78 is 0. The zero-order valence-corrected chi connectivity index (χ0v) is 8.45. The fraction of sp³-hybridized carbons (Fsp3) is 0.364. The molecule has 1 aromatic rings. The van der Waals surface area contributed by atoms with Gasteiger partial charge in [0.2, 0.25) is 0 Å². The van der Waals surface area contributed by atoms with Crippen LogP contribution in [-0.2, 0) is 0 Å². The van der Waals surface area contributed by atoms with Gasteiger partial charge in [0.25, 0.3) is 5.91 Å². The topological polar surface area (TPSA) is 49.3 Å². The van der Waals surface area contributed by atoms with Crippen LogP contribution in [0.5, 0.6) is 0 Å².